The van der Waals surface area contributed by atoms with Crippen LogP contribution in [0.5, 0.6) is 0 Å². The zero-order valence-electron chi connectivity index (χ0n) is 8.39. The molecule has 1 saturated carbocycles. The standard InChI is InChI=1S/C10H19NS/c1-9(2,12-3)11-7-6-10(8-11)4-5-10/h4-8H2,1-3H3. The van der Waals surface area contributed by atoms with Crippen LogP contribution in [-0.2, 0) is 0 Å². The van der Waals surface area contributed by atoms with Crippen molar-refractivity contribution in [3.8, 4) is 0 Å². The monoisotopic (exact) mass is 185 g/mol. The van der Waals surface area contributed by atoms with Gasteiger partial charge in [-0.2, -0.15) is 0 Å². The van der Waals surface area contributed by atoms with Crippen LogP contribution in [0, 0.1) is 5.41 Å². The van der Waals surface area contributed by atoms with E-state index in [1.165, 1.54) is 32.4 Å². The third-order valence-corrected chi connectivity index (χ3v) is 4.91. The fourth-order valence-corrected chi connectivity index (χ4v) is 2.52. The lowest BCUT2D eigenvalue weighted by Gasteiger charge is -2.33. The highest BCUT2D eigenvalue weighted by atomic mass is 32.2. The lowest BCUT2D eigenvalue weighted by molar-refractivity contribution is 0.233. The van der Waals surface area contributed by atoms with Gasteiger partial charge in [0.05, 0.1) is 4.87 Å². The van der Waals surface area contributed by atoms with Crippen molar-refractivity contribution >= 4 is 11.8 Å². The normalized spacial score (nSPS) is 28.2. The number of rotatable bonds is 2. The Bertz CT molecular complexity index is 184. The third-order valence-electron chi connectivity index (χ3n) is 3.66. The highest BCUT2D eigenvalue weighted by Gasteiger charge is 2.50. The van der Waals surface area contributed by atoms with Crippen molar-refractivity contribution in [1.82, 2.24) is 4.90 Å². The molecule has 1 nitrogen and oxygen atoms in total. The molecule has 1 saturated heterocycles. The molecule has 0 atom stereocenters. The minimum atomic E-state index is 0.367. The van der Waals surface area contributed by atoms with Gasteiger partial charge in [-0.25, -0.2) is 0 Å². The summed E-state index contributed by atoms with van der Waals surface area (Å²) in [6.07, 6.45) is 6.66. The molecule has 0 aromatic carbocycles. The average Bonchev–Trinajstić information content (AvgIpc) is 2.61. The maximum Gasteiger partial charge on any atom is 0.0610 e. The van der Waals surface area contributed by atoms with E-state index in [1.54, 1.807) is 0 Å². The first kappa shape index (κ1) is 8.89. The Hall–Kier alpha value is 0.310. The van der Waals surface area contributed by atoms with E-state index in [2.05, 4.69) is 25.0 Å². The van der Waals surface area contributed by atoms with Gasteiger partial charge in [0.1, 0.15) is 0 Å². The molecule has 2 aliphatic rings. The van der Waals surface area contributed by atoms with Gasteiger partial charge in [0.15, 0.2) is 0 Å². The molecule has 0 radical (unpaired) electrons. The SMILES string of the molecule is CSC(C)(C)N1CCC2(CC2)C1. The lowest BCUT2D eigenvalue weighted by atomic mass is 10.1. The molecule has 1 aliphatic carbocycles. The first-order chi connectivity index (χ1) is 5.58. The average molecular weight is 185 g/mol. The Balaban J connectivity index is 1.98. The molecule has 70 valence electrons. The number of hydrogen-bond acceptors (Lipinski definition) is 2. The summed E-state index contributed by atoms with van der Waals surface area (Å²) in [4.78, 5) is 3.02. The van der Waals surface area contributed by atoms with E-state index in [-0.39, 0.29) is 0 Å². The molecule has 1 heterocycles. The Labute approximate surface area is 79.9 Å². The Morgan fingerprint density at radius 2 is 1.92 bits per heavy atom. The predicted octanol–water partition coefficient (Wildman–Crippen LogP) is 2.57. The Morgan fingerprint density at radius 3 is 2.33 bits per heavy atom. The van der Waals surface area contributed by atoms with Gasteiger partial charge in [-0.1, -0.05) is 0 Å². The molecule has 2 heteroatoms. The first-order valence-corrected chi connectivity index (χ1v) is 6.11. The van der Waals surface area contributed by atoms with E-state index in [4.69, 9.17) is 0 Å². The molecule has 0 aromatic heterocycles. The molecular formula is C10H19NS. The summed E-state index contributed by atoms with van der Waals surface area (Å²) in [5, 5.41) is 0. The van der Waals surface area contributed by atoms with E-state index in [0.717, 1.165) is 5.41 Å². The summed E-state index contributed by atoms with van der Waals surface area (Å²) in [7, 11) is 0. The van der Waals surface area contributed by atoms with Gasteiger partial charge in [-0.15, -0.1) is 11.8 Å². The van der Waals surface area contributed by atoms with Crippen LogP contribution in [0.4, 0.5) is 0 Å². The summed E-state index contributed by atoms with van der Waals surface area (Å²) >= 11 is 1.98. The van der Waals surface area contributed by atoms with Crippen LogP contribution in [0.2, 0.25) is 0 Å². The maximum absolute atomic E-state index is 2.66. The highest BCUT2D eigenvalue weighted by Crippen LogP contribution is 2.54. The van der Waals surface area contributed by atoms with Crippen molar-refractivity contribution in [3.63, 3.8) is 0 Å². The van der Waals surface area contributed by atoms with Gasteiger partial charge in [0, 0.05) is 13.1 Å². The summed E-state index contributed by atoms with van der Waals surface area (Å²) < 4.78 is 0. The van der Waals surface area contributed by atoms with Crippen LogP contribution in [0.25, 0.3) is 0 Å². The van der Waals surface area contributed by atoms with E-state index < -0.39 is 0 Å². The van der Waals surface area contributed by atoms with Gasteiger partial charge in [0.2, 0.25) is 0 Å². The van der Waals surface area contributed by atoms with Crippen LogP contribution >= 0.6 is 11.8 Å². The largest absolute Gasteiger partial charge is 0.289 e. The number of nitrogens with zero attached hydrogens (tertiary/aromatic N) is 1. The van der Waals surface area contributed by atoms with Crippen molar-refractivity contribution in [2.24, 2.45) is 5.41 Å². The topological polar surface area (TPSA) is 3.24 Å². The lowest BCUT2D eigenvalue weighted by Crippen LogP contribution is -2.39. The van der Waals surface area contributed by atoms with Gasteiger partial charge in [-0.05, 0) is 44.8 Å². The summed E-state index contributed by atoms with van der Waals surface area (Å²) in [6, 6.07) is 0. The van der Waals surface area contributed by atoms with Crippen LogP contribution < -0.4 is 0 Å². The van der Waals surface area contributed by atoms with Crippen LogP contribution in [0.3, 0.4) is 0 Å². The van der Waals surface area contributed by atoms with E-state index in [1.807, 2.05) is 11.8 Å². The molecule has 0 unspecified atom stereocenters. The Morgan fingerprint density at radius 1 is 1.25 bits per heavy atom. The number of hydrogen-bond donors (Lipinski definition) is 0. The molecule has 2 fully saturated rings. The quantitative estimate of drug-likeness (QED) is 0.650. The van der Waals surface area contributed by atoms with Crippen molar-refractivity contribution in [2.75, 3.05) is 19.3 Å². The predicted molar refractivity (Wildman–Crippen MR) is 55.5 cm³/mol. The fourth-order valence-electron chi connectivity index (χ4n) is 2.11. The molecule has 1 spiro atoms. The zero-order chi connectivity index (χ0) is 8.82. The van der Waals surface area contributed by atoms with Crippen LogP contribution in [0.1, 0.15) is 33.1 Å². The van der Waals surface area contributed by atoms with Crippen molar-refractivity contribution < 1.29 is 0 Å². The van der Waals surface area contributed by atoms with E-state index in [0.29, 0.717) is 4.87 Å². The van der Waals surface area contributed by atoms with Gasteiger partial charge >= 0.3 is 0 Å². The molecular weight excluding hydrogens is 166 g/mol. The van der Waals surface area contributed by atoms with Crippen molar-refractivity contribution in [2.45, 2.75) is 38.0 Å². The first-order valence-electron chi connectivity index (χ1n) is 4.88. The zero-order valence-corrected chi connectivity index (χ0v) is 9.21. The van der Waals surface area contributed by atoms with Crippen molar-refractivity contribution in [1.29, 1.82) is 0 Å². The third kappa shape index (κ3) is 1.39. The maximum atomic E-state index is 2.66. The fraction of sp³-hybridized carbons (Fsp3) is 1.00. The summed E-state index contributed by atoms with van der Waals surface area (Å²) in [5.41, 5.74) is 0.785. The second-order valence-electron chi connectivity index (χ2n) is 4.82. The van der Waals surface area contributed by atoms with E-state index in [9.17, 15) is 0 Å². The minimum absolute atomic E-state index is 0.367. The minimum Gasteiger partial charge on any atom is -0.289 e. The van der Waals surface area contributed by atoms with Crippen LogP contribution in [-0.4, -0.2) is 29.1 Å². The molecule has 12 heavy (non-hydrogen) atoms. The van der Waals surface area contributed by atoms with Gasteiger partial charge in [0.25, 0.3) is 0 Å². The second kappa shape index (κ2) is 2.65. The van der Waals surface area contributed by atoms with Crippen molar-refractivity contribution in [3.05, 3.63) is 0 Å². The molecule has 1 aliphatic heterocycles. The van der Waals surface area contributed by atoms with Gasteiger partial charge < -0.3 is 0 Å². The smallest absolute Gasteiger partial charge is 0.0610 e. The second-order valence-corrected chi connectivity index (χ2v) is 6.23. The van der Waals surface area contributed by atoms with Crippen LogP contribution in [0.15, 0.2) is 0 Å². The number of likely N-dealkylation sites (tertiary alicyclic amines) is 1. The molecule has 0 N–H and O–H groups in total. The molecule has 0 bridgehead atoms. The van der Waals surface area contributed by atoms with E-state index >= 15 is 0 Å². The molecule has 0 aromatic rings. The number of thioether (sulfide) groups is 1. The summed E-state index contributed by atoms with van der Waals surface area (Å²) in [5.74, 6) is 0. The summed E-state index contributed by atoms with van der Waals surface area (Å²) in [6.45, 7) is 7.38. The van der Waals surface area contributed by atoms with Gasteiger partial charge in [-0.3, -0.25) is 4.90 Å². The Kier molecular flexibility index (Phi) is 1.96. The molecule has 0 amide bonds. The highest BCUT2D eigenvalue weighted by molar-refractivity contribution is 7.99. The molecule has 2 rings (SSSR count).